The van der Waals surface area contributed by atoms with Gasteiger partial charge in [0.25, 0.3) is 0 Å². The number of rotatable bonds is 39. The molecule has 0 unspecified atom stereocenters. The second-order valence-corrected chi connectivity index (χ2v) is 55.2. The van der Waals surface area contributed by atoms with Gasteiger partial charge in [-0.1, -0.05) is 69.2 Å². The monoisotopic (exact) mass is 1960 g/mol. The van der Waals surface area contributed by atoms with Gasteiger partial charge in [0.15, 0.2) is 17.5 Å². The number of nitrogens with zero attached hydrogens (tertiary/aromatic N) is 14. The van der Waals surface area contributed by atoms with E-state index in [1.807, 2.05) is 0 Å². The van der Waals surface area contributed by atoms with Crippen molar-refractivity contribution >= 4 is 23.3 Å². The van der Waals surface area contributed by atoms with Gasteiger partial charge in [-0.15, -0.1) is 15.3 Å². The summed E-state index contributed by atoms with van der Waals surface area (Å²) in [6.07, 6.45) is 32.7. The fraction of sp³-hybridized carbons (Fsp3) is 0.889. The Morgan fingerprint density at radius 2 is 0.550 bits per heavy atom. The Balaban J connectivity index is 0.992. The van der Waals surface area contributed by atoms with E-state index >= 15 is 0 Å². The molecule has 8 saturated heterocycles. The van der Waals surface area contributed by atoms with E-state index in [0.717, 1.165) is 233 Å². The van der Waals surface area contributed by atoms with Crippen molar-refractivity contribution in [3.8, 4) is 0 Å². The smallest absolute Gasteiger partial charge is 0.157 e. The molecule has 0 aromatic rings. The van der Waals surface area contributed by atoms with Crippen LogP contribution in [0.1, 0.15) is 416 Å². The number of hydrazone groups is 3. The molecule has 0 aromatic carbocycles. The van der Waals surface area contributed by atoms with Gasteiger partial charge in [0, 0.05) is 203 Å². The summed E-state index contributed by atoms with van der Waals surface area (Å²) in [5.74, 6) is 7.10. The Hall–Kier alpha value is -5.88. The molecule has 0 spiro atoms. The maximum atomic E-state index is 7.47. The van der Waals surface area contributed by atoms with Gasteiger partial charge in [-0.2, -0.15) is 0 Å². The van der Waals surface area contributed by atoms with Crippen LogP contribution >= 0.6 is 0 Å². The van der Waals surface area contributed by atoms with E-state index in [0.29, 0.717) is 45.7 Å². The number of nitrogens with one attached hydrogen (secondary N) is 14. The van der Waals surface area contributed by atoms with E-state index in [4.69, 9.17) is 39.6 Å². The van der Waals surface area contributed by atoms with Crippen molar-refractivity contribution in [2.75, 3.05) is 65.4 Å². The van der Waals surface area contributed by atoms with Gasteiger partial charge in [-0.05, 0) is 368 Å². The third-order valence-electron chi connectivity index (χ3n) is 30.1. The number of unbranched alkanes of at least 4 members (excludes halogenated alkanes) is 4. The van der Waals surface area contributed by atoms with E-state index in [1.165, 1.54) is 0 Å². The van der Waals surface area contributed by atoms with E-state index in [1.54, 1.807) is 21.1 Å². The van der Waals surface area contributed by atoms with Crippen molar-refractivity contribution < 1.29 is 19.4 Å². The summed E-state index contributed by atoms with van der Waals surface area (Å²) in [4.78, 5) is 50.7. The highest BCUT2D eigenvalue weighted by Crippen LogP contribution is 2.43. The molecule has 12 rings (SSSR count). The van der Waals surface area contributed by atoms with Crippen LogP contribution in [0.4, 0.5) is 0 Å². The predicted octanol–water partition coefficient (Wildman–Crippen LogP) is 16.1. The number of hydrazine groups is 5. The van der Waals surface area contributed by atoms with Gasteiger partial charge in [0.2, 0.25) is 0 Å². The normalized spacial score (nSPS) is 26.8. The topological polar surface area (TPSA) is 287 Å². The number of hydrogen-bond donors (Lipinski definition) is 14. The lowest BCUT2D eigenvalue weighted by Gasteiger charge is -2.51. The van der Waals surface area contributed by atoms with Crippen LogP contribution in [0.25, 0.3) is 0 Å². The first-order chi connectivity index (χ1) is 64.7. The molecule has 12 aliphatic rings. The van der Waals surface area contributed by atoms with Crippen LogP contribution in [-0.2, 0) is 19.4 Å². The molecule has 32 nitrogen and oxygen atoms in total. The predicted molar refractivity (Wildman–Crippen MR) is 576 cm³/mol. The van der Waals surface area contributed by atoms with Gasteiger partial charge in [-0.3, -0.25) is 20.7 Å². The Kier molecular flexibility index (Phi) is 35.4. The Morgan fingerprint density at radius 1 is 0.286 bits per heavy atom. The van der Waals surface area contributed by atoms with Crippen molar-refractivity contribution in [3.05, 3.63) is 47.6 Å². The van der Waals surface area contributed by atoms with Gasteiger partial charge >= 0.3 is 0 Å². The first-order valence-electron chi connectivity index (χ1n) is 55.2. The summed E-state index contributed by atoms with van der Waals surface area (Å²) >= 11 is 0. The Bertz CT molecular complexity index is 4210. The van der Waals surface area contributed by atoms with E-state index in [9.17, 15) is 0 Å². The molecule has 0 aliphatic carbocycles. The van der Waals surface area contributed by atoms with Crippen molar-refractivity contribution in [1.82, 2.24) is 126 Å². The van der Waals surface area contributed by atoms with Gasteiger partial charge in [0.05, 0.1) is 24.4 Å². The SMILES string of the molecule is CCCCN(C1=CC(N(CCCN=C2C=C(N(CCCC)C3CC(C)(C)NC(C)(C)C3)NN(OC3CC(C)(C)NC(C)(C)C3)N2)CCN(CCCNC2=CC(N(CCCC)C3CC(C)(C)NC(C)(C)C3)=NN(OC3CC(C)(C)NC(C)(C)C3)N2)C2=NN(OC3CC(C)(C)NC(C)(C)C3)NC(N(CCCC)C3CC(C)(C)NC(C)(C)C3)=C2)=NN(OC2CC(C)(C)NC(C)(C)C2)N1)C1CC(C)(C)NC(C)(C)C1. The summed E-state index contributed by atoms with van der Waals surface area (Å²) in [6, 6.07) is 0.867. The van der Waals surface area contributed by atoms with Crippen LogP contribution in [-0.4, -0.2) is 277 Å². The molecular weight excluding hydrogens is 1750 g/mol. The van der Waals surface area contributed by atoms with Crippen molar-refractivity contribution in [3.63, 3.8) is 0 Å². The highest BCUT2D eigenvalue weighted by molar-refractivity contribution is 5.96. The molecule has 0 atom stereocenters. The number of piperidine rings is 8. The molecule has 140 heavy (non-hydrogen) atoms. The molecule has 0 bridgehead atoms. The van der Waals surface area contributed by atoms with Gasteiger partial charge in [0.1, 0.15) is 29.1 Å². The maximum absolute atomic E-state index is 7.47. The number of hydrogen-bond acceptors (Lipinski definition) is 31. The van der Waals surface area contributed by atoms with Crippen LogP contribution in [0.15, 0.2) is 67.9 Å². The molecule has 12 heterocycles. The molecule has 0 amide bonds. The molecule has 12 aliphatic heterocycles. The molecule has 8 fully saturated rings. The fourth-order valence-electron chi connectivity index (χ4n) is 27.8. The first kappa shape index (κ1) is 113. The van der Waals surface area contributed by atoms with Crippen LogP contribution in [0, 0.1) is 0 Å². The summed E-state index contributed by atoms with van der Waals surface area (Å²) in [6.45, 7) is 90.9. The van der Waals surface area contributed by atoms with E-state index < -0.39 is 0 Å². The second kappa shape index (κ2) is 43.9. The third-order valence-corrected chi connectivity index (χ3v) is 30.1. The summed E-state index contributed by atoms with van der Waals surface area (Å²) in [5, 5.41) is 60.0. The minimum absolute atomic E-state index is 0.0843. The fourth-order valence-corrected chi connectivity index (χ4v) is 27.8. The zero-order valence-corrected chi connectivity index (χ0v) is 95.3. The summed E-state index contributed by atoms with van der Waals surface area (Å²) in [5.41, 5.74) is 16.9. The number of aliphatic imine (C=N–C) groups is 1. The second-order valence-electron chi connectivity index (χ2n) is 55.2. The van der Waals surface area contributed by atoms with Crippen molar-refractivity contribution in [1.29, 1.82) is 0 Å². The lowest BCUT2D eigenvalue weighted by Crippen LogP contribution is -2.65. The lowest BCUT2D eigenvalue weighted by atomic mass is 9.79. The Morgan fingerprint density at radius 3 is 0.864 bits per heavy atom. The number of amidine groups is 4. The Labute approximate surface area is 850 Å². The van der Waals surface area contributed by atoms with Crippen LogP contribution in [0.2, 0.25) is 0 Å². The minimum atomic E-state index is -0.200. The molecule has 0 saturated carbocycles. The van der Waals surface area contributed by atoms with Crippen LogP contribution in [0.3, 0.4) is 0 Å². The first-order valence-corrected chi connectivity index (χ1v) is 55.2. The zero-order valence-electron chi connectivity index (χ0n) is 95.3. The van der Waals surface area contributed by atoms with Gasteiger partial charge in [-0.25, -0.2) is 30.8 Å². The highest BCUT2D eigenvalue weighted by Gasteiger charge is 2.51. The summed E-state index contributed by atoms with van der Waals surface area (Å²) < 4.78 is 0. The van der Waals surface area contributed by atoms with Crippen molar-refractivity contribution in [2.45, 2.75) is 553 Å². The molecule has 0 aromatic heterocycles. The molecule has 32 heteroatoms. The van der Waals surface area contributed by atoms with Crippen LogP contribution in [0.5, 0.6) is 0 Å². The largest absolute Gasteiger partial charge is 0.370 e. The molecular formula is C108H206N28O4. The molecule has 14 N–H and O–H groups in total. The highest BCUT2D eigenvalue weighted by atomic mass is 16.8. The lowest BCUT2D eigenvalue weighted by molar-refractivity contribution is -0.262. The molecule has 802 valence electrons. The van der Waals surface area contributed by atoms with E-state index in [-0.39, 0.29) is 137 Å². The zero-order chi connectivity index (χ0) is 103. The van der Waals surface area contributed by atoms with E-state index in [2.05, 4.69) is 378 Å². The standard InChI is InChI=1S/C108H206N28O4/c1-37-41-51-129(77-61-93(5,6)119-94(7,8)62-77)89-57-85(111-133(115-89)137-81-69-101(21,22)123-102(23,24)70-81)109-47-45-49-127(87-59-91(117-135(113-87)139-83-73-105(29,30)125-106(31,32)74-83)131(53-43-39-3)79-65-97(13,14)121-98(15,16)66-79)55-56-128(88-60-92(118-136(114-88)140-84-75-107(33,34)126-108(35,36)76-84)132(54-44-40-4)80-67-99(17,18)122-100(19,20)68-80)50-46-48-110-86-58-90(116-134(112-86)138-82-71-103(25,26)124-104(27,28)72-82)130(52-42-38-2)78-63-95(9,10)120-96(11,12)64-78/h57-60,77-84,109,111,116-126H,37-56,61-76H2,1-36H3,(H,110,112). The van der Waals surface area contributed by atoms with Crippen LogP contribution < -0.4 is 75.0 Å². The van der Waals surface area contributed by atoms with Gasteiger partial charge < -0.3 is 77.3 Å². The van der Waals surface area contributed by atoms with Crippen molar-refractivity contribution in [2.24, 2.45) is 20.3 Å². The minimum Gasteiger partial charge on any atom is -0.370 e. The summed E-state index contributed by atoms with van der Waals surface area (Å²) in [7, 11) is 0. The average molecular weight is 1960 g/mol. The average Bonchev–Trinajstić information content (AvgIpc) is 0.781. The molecule has 0 radical (unpaired) electrons. The quantitative estimate of drug-likeness (QED) is 0.0255. The maximum Gasteiger partial charge on any atom is 0.157 e. The third kappa shape index (κ3) is 33.3.